The number of aryl methyl sites for hydroxylation is 1. The van der Waals surface area contributed by atoms with Gasteiger partial charge in [-0.3, -0.25) is 14.5 Å². The number of hydrogen-bond donors (Lipinski definition) is 1. The lowest BCUT2D eigenvalue weighted by Crippen LogP contribution is -2.33. The SMILES string of the molecule is Cc1cccc(NCN2C(=O)CSC2=O)c1C. The summed E-state index contributed by atoms with van der Waals surface area (Å²) in [6.07, 6.45) is 0. The van der Waals surface area contributed by atoms with E-state index in [1.807, 2.05) is 32.0 Å². The van der Waals surface area contributed by atoms with Gasteiger partial charge >= 0.3 is 0 Å². The summed E-state index contributed by atoms with van der Waals surface area (Å²) in [5.41, 5.74) is 3.28. The van der Waals surface area contributed by atoms with E-state index in [9.17, 15) is 9.59 Å². The number of anilines is 1. The third-order valence-corrected chi connectivity index (χ3v) is 3.73. The lowest BCUT2D eigenvalue weighted by Gasteiger charge is -2.16. The average molecular weight is 250 g/mol. The maximum Gasteiger partial charge on any atom is 0.290 e. The highest BCUT2D eigenvalue weighted by molar-refractivity contribution is 8.14. The van der Waals surface area contributed by atoms with E-state index in [0.29, 0.717) is 0 Å². The van der Waals surface area contributed by atoms with Crippen molar-refractivity contribution in [1.82, 2.24) is 4.90 Å². The van der Waals surface area contributed by atoms with Gasteiger partial charge in [0, 0.05) is 5.69 Å². The first kappa shape index (κ1) is 12.0. The molecule has 4 nitrogen and oxygen atoms in total. The predicted octanol–water partition coefficient (Wildman–Crippen LogP) is 2.37. The molecule has 0 bridgehead atoms. The van der Waals surface area contributed by atoms with Crippen molar-refractivity contribution >= 4 is 28.6 Å². The van der Waals surface area contributed by atoms with Crippen LogP contribution in [-0.4, -0.2) is 28.5 Å². The third kappa shape index (κ3) is 2.44. The van der Waals surface area contributed by atoms with Crippen LogP contribution < -0.4 is 5.32 Å². The highest BCUT2D eigenvalue weighted by Gasteiger charge is 2.29. The van der Waals surface area contributed by atoms with E-state index in [0.717, 1.165) is 23.0 Å². The summed E-state index contributed by atoms with van der Waals surface area (Å²) in [7, 11) is 0. The molecular weight excluding hydrogens is 236 g/mol. The Morgan fingerprint density at radius 2 is 2.12 bits per heavy atom. The predicted molar refractivity (Wildman–Crippen MR) is 69.1 cm³/mol. The molecule has 0 unspecified atom stereocenters. The zero-order valence-corrected chi connectivity index (χ0v) is 10.6. The summed E-state index contributed by atoms with van der Waals surface area (Å²) in [6.45, 7) is 4.29. The number of thioether (sulfide) groups is 1. The fraction of sp³-hybridized carbons (Fsp3) is 0.333. The summed E-state index contributed by atoms with van der Waals surface area (Å²) in [5.74, 6) is 0.130. The molecule has 5 heteroatoms. The van der Waals surface area contributed by atoms with Gasteiger partial charge in [0.1, 0.15) is 0 Å². The van der Waals surface area contributed by atoms with Crippen LogP contribution >= 0.6 is 11.8 Å². The Labute approximate surface area is 104 Å². The van der Waals surface area contributed by atoms with Gasteiger partial charge in [-0.05, 0) is 31.0 Å². The van der Waals surface area contributed by atoms with Crippen molar-refractivity contribution < 1.29 is 9.59 Å². The first-order chi connectivity index (χ1) is 8.09. The molecular formula is C12H14N2O2S. The summed E-state index contributed by atoms with van der Waals surface area (Å²) in [5, 5.41) is 2.95. The molecule has 1 saturated heterocycles. The second kappa shape index (κ2) is 4.79. The number of hydrogen-bond acceptors (Lipinski definition) is 4. The topological polar surface area (TPSA) is 49.4 Å². The number of rotatable bonds is 3. The maximum atomic E-state index is 11.4. The van der Waals surface area contributed by atoms with Crippen molar-refractivity contribution in [3.05, 3.63) is 29.3 Å². The Morgan fingerprint density at radius 1 is 1.35 bits per heavy atom. The summed E-state index contributed by atoms with van der Waals surface area (Å²) < 4.78 is 0. The van der Waals surface area contributed by atoms with Gasteiger partial charge in [-0.2, -0.15) is 0 Å². The third-order valence-electron chi connectivity index (χ3n) is 2.87. The van der Waals surface area contributed by atoms with Gasteiger partial charge < -0.3 is 5.32 Å². The van der Waals surface area contributed by atoms with Gasteiger partial charge in [0.25, 0.3) is 5.24 Å². The van der Waals surface area contributed by atoms with Gasteiger partial charge in [0.05, 0.1) is 12.4 Å². The Bertz CT molecular complexity index is 458. The minimum absolute atomic E-state index is 0.127. The molecule has 1 aliphatic heterocycles. The van der Waals surface area contributed by atoms with E-state index < -0.39 is 0 Å². The molecule has 0 aromatic heterocycles. The van der Waals surface area contributed by atoms with Crippen molar-refractivity contribution in [3.63, 3.8) is 0 Å². The molecule has 0 atom stereocenters. The molecule has 0 radical (unpaired) electrons. The van der Waals surface area contributed by atoms with Gasteiger partial charge in [-0.25, -0.2) is 0 Å². The molecule has 90 valence electrons. The number of imide groups is 1. The molecule has 1 heterocycles. The summed E-state index contributed by atoms with van der Waals surface area (Å²) >= 11 is 1.05. The minimum Gasteiger partial charge on any atom is -0.367 e. The lowest BCUT2D eigenvalue weighted by atomic mass is 10.1. The molecule has 0 aliphatic carbocycles. The fourth-order valence-electron chi connectivity index (χ4n) is 1.64. The van der Waals surface area contributed by atoms with Crippen LogP contribution in [0.2, 0.25) is 0 Å². The molecule has 2 amide bonds. The van der Waals surface area contributed by atoms with E-state index in [4.69, 9.17) is 0 Å². The lowest BCUT2D eigenvalue weighted by molar-refractivity contribution is -0.124. The van der Waals surface area contributed by atoms with Crippen LogP contribution in [0.3, 0.4) is 0 Å². The van der Waals surface area contributed by atoms with E-state index in [1.165, 1.54) is 10.5 Å². The first-order valence-corrected chi connectivity index (χ1v) is 6.35. The Morgan fingerprint density at radius 3 is 2.76 bits per heavy atom. The first-order valence-electron chi connectivity index (χ1n) is 5.37. The van der Waals surface area contributed by atoms with E-state index in [2.05, 4.69) is 5.32 Å². The molecule has 17 heavy (non-hydrogen) atoms. The maximum absolute atomic E-state index is 11.4. The van der Waals surface area contributed by atoms with Crippen molar-refractivity contribution in [2.45, 2.75) is 13.8 Å². The van der Waals surface area contributed by atoms with Gasteiger partial charge in [-0.15, -0.1) is 0 Å². The van der Waals surface area contributed by atoms with Crippen LogP contribution in [0.4, 0.5) is 10.5 Å². The monoisotopic (exact) mass is 250 g/mol. The van der Waals surface area contributed by atoms with Crippen LogP contribution in [-0.2, 0) is 4.79 Å². The van der Waals surface area contributed by atoms with Crippen LogP contribution in [0, 0.1) is 13.8 Å². The standard InChI is InChI=1S/C12H14N2O2S/c1-8-4-3-5-10(9(8)2)13-7-14-11(15)6-17-12(14)16/h3-5,13H,6-7H2,1-2H3. The van der Waals surface area contributed by atoms with Crippen LogP contribution in [0.25, 0.3) is 0 Å². The van der Waals surface area contributed by atoms with Crippen molar-refractivity contribution in [1.29, 1.82) is 0 Å². The molecule has 1 aliphatic rings. The van der Waals surface area contributed by atoms with Crippen LogP contribution in [0.5, 0.6) is 0 Å². The number of amides is 2. The van der Waals surface area contributed by atoms with Gasteiger partial charge in [0.2, 0.25) is 5.91 Å². The summed E-state index contributed by atoms with van der Waals surface area (Å²) in [6, 6.07) is 5.93. The van der Waals surface area contributed by atoms with E-state index in [1.54, 1.807) is 0 Å². The van der Waals surface area contributed by atoms with Crippen molar-refractivity contribution in [2.75, 3.05) is 17.7 Å². The number of nitrogens with one attached hydrogen (secondary N) is 1. The second-order valence-corrected chi connectivity index (χ2v) is 4.89. The Kier molecular flexibility index (Phi) is 3.38. The molecule has 0 saturated carbocycles. The molecule has 1 N–H and O–H groups in total. The highest BCUT2D eigenvalue weighted by Crippen LogP contribution is 2.21. The normalized spacial score (nSPS) is 15.5. The average Bonchev–Trinajstić information content (AvgIpc) is 2.62. The van der Waals surface area contributed by atoms with Crippen molar-refractivity contribution in [3.8, 4) is 0 Å². The largest absolute Gasteiger partial charge is 0.367 e. The smallest absolute Gasteiger partial charge is 0.290 e. The summed E-state index contributed by atoms with van der Waals surface area (Å²) in [4.78, 5) is 24.0. The number of carbonyl (C=O) groups is 2. The molecule has 1 aromatic rings. The Balaban J connectivity index is 2.05. The van der Waals surface area contributed by atoms with Gasteiger partial charge in [-0.1, -0.05) is 23.9 Å². The van der Waals surface area contributed by atoms with Crippen LogP contribution in [0.1, 0.15) is 11.1 Å². The number of benzene rings is 1. The minimum atomic E-state index is -0.173. The highest BCUT2D eigenvalue weighted by atomic mass is 32.2. The number of nitrogens with zero attached hydrogens (tertiary/aromatic N) is 1. The Hall–Kier alpha value is -1.49. The second-order valence-electron chi connectivity index (χ2n) is 3.96. The van der Waals surface area contributed by atoms with E-state index in [-0.39, 0.29) is 23.6 Å². The molecule has 1 aromatic carbocycles. The van der Waals surface area contributed by atoms with Gasteiger partial charge in [0.15, 0.2) is 0 Å². The molecule has 0 spiro atoms. The fourth-order valence-corrected chi connectivity index (χ4v) is 2.37. The molecule has 2 rings (SSSR count). The zero-order valence-electron chi connectivity index (χ0n) is 9.82. The number of carbonyl (C=O) groups excluding carboxylic acids is 2. The van der Waals surface area contributed by atoms with Crippen LogP contribution in [0.15, 0.2) is 18.2 Å². The zero-order chi connectivity index (χ0) is 12.4. The quantitative estimate of drug-likeness (QED) is 0.894. The van der Waals surface area contributed by atoms with Crippen molar-refractivity contribution in [2.24, 2.45) is 0 Å². The van der Waals surface area contributed by atoms with E-state index >= 15 is 0 Å². The molecule has 1 fully saturated rings.